The lowest BCUT2D eigenvalue weighted by atomic mass is 10.0. The van der Waals surface area contributed by atoms with Crippen LogP contribution in [0.25, 0.3) is 0 Å². The smallest absolute Gasteiger partial charge is 0.170 e. The van der Waals surface area contributed by atoms with Gasteiger partial charge in [0.2, 0.25) is 0 Å². The number of hydrogen-bond acceptors (Lipinski definition) is 4. The van der Waals surface area contributed by atoms with Crippen LogP contribution in [-0.2, 0) is 0 Å². The van der Waals surface area contributed by atoms with Crippen molar-refractivity contribution in [2.75, 3.05) is 31.4 Å². The van der Waals surface area contributed by atoms with Crippen LogP contribution < -0.4 is 25.4 Å². The highest BCUT2D eigenvalue weighted by Crippen LogP contribution is 2.31. The second kappa shape index (κ2) is 10.3. The van der Waals surface area contributed by atoms with Gasteiger partial charge in [0, 0.05) is 17.8 Å². The van der Waals surface area contributed by atoms with E-state index in [0.29, 0.717) is 11.7 Å². The zero-order valence-corrected chi connectivity index (χ0v) is 17.3. The molecule has 5 nitrogen and oxygen atoms in total. The lowest BCUT2D eigenvalue weighted by Crippen LogP contribution is -2.34. The van der Waals surface area contributed by atoms with Crippen LogP contribution in [-0.4, -0.2) is 25.9 Å². The Balaban J connectivity index is 1.78. The monoisotopic (exact) mass is 407 g/mol. The summed E-state index contributed by atoms with van der Waals surface area (Å²) in [5.74, 6) is 1.58. The summed E-state index contributed by atoms with van der Waals surface area (Å²) in [6.07, 6.45) is 0. The minimum Gasteiger partial charge on any atom is -0.496 e. The molecule has 29 heavy (non-hydrogen) atoms. The molecule has 0 aliphatic heterocycles. The number of ether oxygens (including phenoxy) is 2. The van der Waals surface area contributed by atoms with Crippen LogP contribution in [0.4, 0.5) is 11.4 Å². The molecule has 0 aromatic heterocycles. The van der Waals surface area contributed by atoms with Crippen LogP contribution >= 0.6 is 12.2 Å². The Labute approximate surface area is 177 Å². The molecule has 6 heteroatoms. The Kier molecular flexibility index (Phi) is 7.30. The molecule has 0 saturated carbocycles. The van der Waals surface area contributed by atoms with Crippen molar-refractivity contribution in [3.63, 3.8) is 0 Å². The zero-order chi connectivity index (χ0) is 20.5. The van der Waals surface area contributed by atoms with Crippen LogP contribution in [0, 0.1) is 0 Å². The second-order valence-electron chi connectivity index (χ2n) is 6.34. The van der Waals surface area contributed by atoms with Crippen molar-refractivity contribution < 1.29 is 9.47 Å². The van der Waals surface area contributed by atoms with Gasteiger partial charge in [-0.05, 0) is 42.5 Å². The van der Waals surface area contributed by atoms with Crippen LogP contribution in [0.3, 0.4) is 0 Å². The molecule has 150 valence electrons. The predicted octanol–water partition coefficient (Wildman–Crippen LogP) is 4.84. The molecule has 3 aromatic rings. The summed E-state index contributed by atoms with van der Waals surface area (Å²) in [4.78, 5) is 0. The molecular weight excluding hydrogens is 382 g/mol. The lowest BCUT2D eigenvalue weighted by molar-refractivity contribution is 0.405. The van der Waals surface area contributed by atoms with Gasteiger partial charge in [0.25, 0.3) is 0 Å². The average molecular weight is 408 g/mol. The first-order valence-corrected chi connectivity index (χ1v) is 9.74. The number of benzene rings is 3. The van der Waals surface area contributed by atoms with E-state index in [1.165, 1.54) is 0 Å². The molecule has 0 radical (unpaired) electrons. The van der Waals surface area contributed by atoms with E-state index in [1.807, 2.05) is 78.9 Å². The van der Waals surface area contributed by atoms with Gasteiger partial charge in [0.1, 0.15) is 11.5 Å². The molecule has 0 spiro atoms. The summed E-state index contributed by atoms with van der Waals surface area (Å²) in [7, 11) is 3.34. The number of hydrogen-bond donors (Lipinski definition) is 3. The summed E-state index contributed by atoms with van der Waals surface area (Å²) in [5, 5.41) is 10.6. The maximum Gasteiger partial charge on any atom is 0.170 e. The van der Waals surface area contributed by atoms with Crippen LogP contribution in [0.15, 0.2) is 78.9 Å². The van der Waals surface area contributed by atoms with Crippen molar-refractivity contribution in [1.29, 1.82) is 0 Å². The highest BCUT2D eigenvalue weighted by Gasteiger charge is 2.18. The first-order chi connectivity index (χ1) is 14.2. The van der Waals surface area contributed by atoms with Crippen molar-refractivity contribution in [3.8, 4) is 11.5 Å². The fourth-order valence-electron chi connectivity index (χ4n) is 3.04. The summed E-state index contributed by atoms with van der Waals surface area (Å²) < 4.78 is 11.1. The average Bonchev–Trinajstić information content (AvgIpc) is 2.77. The number of thiocarbonyl (C=S) groups is 1. The molecular formula is C23H25N3O2S. The van der Waals surface area contributed by atoms with Crippen molar-refractivity contribution >= 4 is 28.7 Å². The van der Waals surface area contributed by atoms with Gasteiger partial charge in [-0.1, -0.05) is 48.5 Å². The highest BCUT2D eigenvalue weighted by atomic mass is 32.1. The second-order valence-corrected chi connectivity index (χ2v) is 6.75. The third-order valence-electron chi connectivity index (χ3n) is 4.45. The number of para-hydroxylation sites is 4. The highest BCUT2D eigenvalue weighted by molar-refractivity contribution is 7.80. The van der Waals surface area contributed by atoms with E-state index in [-0.39, 0.29) is 6.04 Å². The van der Waals surface area contributed by atoms with Gasteiger partial charge in [-0.25, -0.2) is 0 Å². The van der Waals surface area contributed by atoms with Gasteiger partial charge >= 0.3 is 0 Å². The summed E-state index contributed by atoms with van der Waals surface area (Å²) >= 11 is 5.47. The van der Waals surface area contributed by atoms with Gasteiger partial charge in [-0.3, -0.25) is 0 Å². The van der Waals surface area contributed by atoms with Crippen molar-refractivity contribution in [1.82, 2.24) is 5.32 Å². The van der Waals surface area contributed by atoms with E-state index in [1.54, 1.807) is 14.2 Å². The molecule has 3 rings (SSSR count). The quantitative estimate of drug-likeness (QED) is 0.465. The maximum absolute atomic E-state index is 5.58. The molecule has 0 aliphatic carbocycles. The van der Waals surface area contributed by atoms with Crippen LogP contribution in [0.5, 0.6) is 11.5 Å². The fraction of sp³-hybridized carbons (Fsp3) is 0.174. The number of anilines is 2. The van der Waals surface area contributed by atoms with Crippen molar-refractivity contribution in [3.05, 3.63) is 84.4 Å². The third-order valence-corrected chi connectivity index (χ3v) is 4.70. The minimum absolute atomic E-state index is 0.0991. The standard InChI is InChI=1S/C23H25N3O2S/c1-27-21-14-8-6-12-18(21)20(26-19-13-7-9-15-22(19)28-2)16-24-23(29)25-17-10-4-3-5-11-17/h3-15,20,26H,16H2,1-2H3,(H2,24,25,29). The normalized spacial score (nSPS) is 11.2. The topological polar surface area (TPSA) is 54.5 Å². The molecule has 0 heterocycles. The SMILES string of the molecule is COc1ccccc1NC(CNC(=S)Nc1ccccc1)c1ccccc1OC. The number of nitrogens with one attached hydrogen (secondary N) is 3. The number of methoxy groups -OCH3 is 2. The predicted molar refractivity (Wildman–Crippen MR) is 123 cm³/mol. The van der Waals surface area contributed by atoms with Crippen molar-refractivity contribution in [2.45, 2.75) is 6.04 Å². The third kappa shape index (κ3) is 5.62. The Morgan fingerprint density at radius 2 is 1.45 bits per heavy atom. The fourth-order valence-corrected chi connectivity index (χ4v) is 3.24. The van der Waals surface area contributed by atoms with Gasteiger partial charge in [-0.2, -0.15) is 0 Å². The van der Waals surface area contributed by atoms with E-state index in [4.69, 9.17) is 21.7 Å². The van der Waals surface area contributed by atoms with E-state index in [2.05, 4.69) is 16.0 Å². The Bertz CT molecular complexity index is 934. The maximum atomic E-state index is 5.58. The summed E-state index contributed by atoms with van der Waals surface area (Å²) in [6, 6.07) is 25.5. The molecule has 0 saturated heterocycles. The van der Waals surface area contributed by atoms with Gasteiger partial charge in [0.05, 0.1) is 25.9 Å². The summed E-state index contributed by atoms with van der Waals surface area (Å²) in [5.41, 5.74) is 2.86. The largest absolute Gasteiger partial charge is 0.496 e. The molecule has 0 fully saturated rings. The zero-order valence-electron chi connectivity index (χ0n) is 16.5. The van der Waals surface area contributed by atoms with Crippen molar-refractivity contribution in [2.24, 2.45) is 0 Å². The Morgan fingerprint density at radius 1 is 0.828 bits per heavy atom. The summed E-state index contributed by atoms with van der Waals surface area (Å²) in [6.45, 7) is 0.553. The lowest BCUT2D eigenvalue weighted by Gasteiger charge is -2.24. The van der Waals surface area contributed by atoms with E-state index < -0.39 is 0 Å². The Hall–Kier alpha value is -3.25. The first-order valence-electron chi connectivity index (χ1n) is 9.33. The minimum atomic E-state index is -0.0991. The van der Waals surface area contributed by atoms with Crippen LogP contribution in [0.1, 0.15) is 11.6 Å². The number of rotatable bonds is 8. The van der Waals surface area contributed by atoms with E-state index >= 15 is 0 Å². The molecule has 0 aliphatic rings. The molecule has 0 bridgehead atoms. The van der Waals surface area contributed by atoms with E-state index in [0.717, 1.165) is 28.4 Å². The van der Waals surface area contributed by atoms with Crippen LogP contribution in [0.2, 0.25) is 0 Å². The molecule has 3 N–H and O–H groups in total. The van der Waals surface area contributed by atoms with Gasteiger partial charge in [0.15, 0.2) is 5.11 Å². The van der Waals surface area contributed by atoms with Gasteiger partial charge in [-0.15, -0.1) is 0 Å². The van der Waals surface area contributed by atoms with Gasteiger partial charge < -0.3 is 25.4 Å². The molecule has 1 unspecified atom stereocenters. The first kappa shape index (κ1) is 20.5. The molecule has 3 aromatic carbocycles. The molecule has 1 atom stereocenters. The molecule has 0 amide bonds. The van der Waals surface area contributed by atoms with E-state index in [9.17, 15) is 0 Å². The Morgan fingerprint density at radius 3 is 2.17 bits per heavy atom.